The number of carbonyl (C=O) groups excluding carboxylic acids is 2. The van der Waals surface area contributed by atoms with Crippen LogP contribution in [0.15, 0.2) is 36.7 Å². The summed E-state index contributed by atoms with van der Waals surface area (Å²) in [7, 11) is 2.96. The van der Waals surface area contributed by atoms with Crippen LogP contribution in [0.5, 0.6) is 0 Å². The summed E-state index contributed by atoms with van der Waals surface area (Å²) in [6.07, 6.45) is 4.80. The molecule has 10 heteroatoms. The van der Waals surface area contributed by atoms with E-state index >= 15 is 0 Å². The first-order valence-corrected chi connectivity index (χ1v) is 9.71. The Morgan fingerprint density at radius 3 is 2.53 bits per heavy atom. The van der Waals surface area contributed by atoms with E-state index < -0.39 is 0 Å². The van der Waals surface area contributed by atoms with Gasteiger partial charge in [-0.15, -0.1) is 0 Å². The molecule has 0 unspecified atom stereocenters. The van der Waals surface area contributed by atoms with Crippen molar-refractivity contribution in [3.05, 3.63) is 36.7 Å². The monoisotopic (exact) mass is 409 g/mol. The summed E-state index contributed by atoms with van der Waals surface area (Å²) in [5.74, 6) is 0.586. The second-order valence-corrected chi connectivity index (χ2v) is 7.03. The number of amides is 3. The zero-order chi connectivity index (χ0) is 21.1. The fourth-order valence-corrected chi connectivity index (χ4v) is 3.56. The summed E-state index contributed by atoms with van der Waals surface area (Å²) in [4.78, 5) is 34.0. The van der Waals surface area contributed by atoms with Gasteiger partial charge in [0.1, 0.15) is 0 Å². The molecule has 1 aliphatic heterocycles. The number of urea groups is 1. The minimum absolute atomic E-state index is 0.158. The van der Waals surface area contributed by atoms with Crippen molar-refractivity contribution in [1.29, 1.82) is 0 Å². The second-order valence-electron chi connectivity index (χ2n) is 7.03. The van der Waals surface area contributed by atoms with Crippen molar-refractivity contribution in [1.82, 2.24) is 30.0 Å². The predicted molar refractivity (Wildman–Crippen MR) is 111 cm³/mol. The molecule has 2 N–H and O–H groups in total. The Morgan fingerprint density at radius 1 is 1.13 bits per heavy atom. The molecular formula is C20H23N7O3. The number of aromatic nitrogens is 4. The second kappa shape index (κ2) is 8.36. The van der Waals surface area contributed by atoms with Crippen LogP contribution in [0.25, 0.3) is 22.4 Å². The van der Waals surface area contributed by atoms with Crippen molar-refractivity contribution in [3.63, 3.8) is 0 Å². The molecule has 1 saturated heterocycles. The summed E-state index contributed by atoms with van der Waals surface area (Å²) in [6, 6.07) is 7.22. The number of rotatable bonds is 3. The highest BCUT2D eigenvalue weighted by molar-refractivity contribution is 5.89. The Hall–Kier alpha value is -3.69. The average molecular weight is 409 g/mol. The van der Waals surface area contributed by atoms with Crippen LogP contribution in [0, 0.1) is 0 Å². The number of nitrogens with zero attached hydrogens (tertiary/aromatic N) is 5. The van der Waals surface area contributed by atoms with Crippen molar-refractivity contribution < 1.29 is 14.3 Å². The zero-order valence-corrected chi connectivity index (χ0v) is 16.8. The Balaban J connectivity index is 1.55. The SMILES string of the molecule is CNC(=O)Nc1ccc(-c2ncc3cnn(C4CCN(C(=O)OC)CC4)c3n2)cc1. The third-order valence-corrected chi connectivity index (χ3v) is 5.21. The topological polar surface area (TPSA) is 114 Å². The first-order valence-electron chi connectivity index (χ1n) is 9.71. The summed E-state index contributed by atoms with van der Waals surface area (Å²) >= 11 is 0. The maximum Gasteiger partial charge on any atom is 0.409 e. The van der Waals surface area contributed by atoms with Crippen molar-refractivity contribution in [3.8, 4) is 11.4 Å². The number of piperidine rings is 1. The molecule has 0 aliphatic carbocycles. The predicted octanol–water partition coefficient (Wildman–Crippen LogP) is 2.65. The van der Waals surface area contributed by atoms with Gasteiger partial charge in [0, 0.05) is 37.6 Å². The molecule has 30 heavy (non-hydrogen) atoms. The maximum atomic E-state index is 11.7. The summed E-state index contributed by atoms with van der Waals surface area (Å²) in [5, 5.41) is 10.6. The van der Waals surface area contributed by atoms with Crippen LogP contribution in [0.1, 0.15) is 18.9 Å². The minimum Gasteiger partial charge on any atom is -0.453 e. The van der Waals surface area contributed by atoms with Crippen LogP contribution >= 0.6 is 0 Å². The minimum atomic E-state index is -0.294. The van der Waals surface area contributed by atoms with E-state index in [1.54, 1.807) is 36.5 Å². The van der Waals surface area contributed by atoms with Crippen molar-refractivity contribution in [2.75, 3.05) is 32.6 Å². The molecule has 156 valence electrons. The number of nitrogens with one attached hydrogen (secondary N) is 2. The van der Waals surface area contributed by atoms with Gasteiger partial charge >= 0.3 is 12.1 Å². The lowest BCUT2D eigenvalue weighted by atomic mass is 10.1. The van der Waals surface area contributed by atoms with E-state index in [-0.39, 0.29) is 18.2 Å². The lowest BCUT2D eigenvalue weighted by Gasteiger charge is -2.31. The van der Waals surface area contributed by atoms with Gasteiger partial charge in [-0.1, -0.05) is 0 Å². The summed E-state index contributed by atoms with van der Waals surface area (Å²) in [6.45, 7) is 1.24. The Morgan fingerprint density at radius 2 is 1.87 bits per heavy atom. The molecule has 3 amide bonds. The smallest absolute Gasteiger partial charge is 0.409 e. The van der Waals surface area contributed by atoms with E-state index in [9.17, 15) is 9.59 Å². The van der Waals surface area contributed by atoms with Crippen LogP contribution in [0.3, 0.4) is 0 Å². The molecular weight excluding hydrogens is 386 g/mol. The zero-order valence-electron chi connectivity index (χ0n) is 16.8. The van der Waals surface area contributed by atoms with E-state index in [1.807, 2.05) is 16.8 Å². The maximum absolute atomic E-state index is 11.7. The highest BCUT2D eigenvalue weighted by Crippen LogP contribution is 2.27. The first kappa shape index (κ1) is 19.6. The summed E-state index contributed by atoms with van der Waals surface area (Å²) in [5.41, 5.74) is 2.29. The molecule has 2 aromatic heterocycles. The van der Waals surface area contributed by atoms with Crippen LogP contribution in [-0.2, 0) is 4.74 Å². The molecule has 10 nitrogen and oxygen atoms in total. The van der Waals surface area contributed by atoms with Gasteiger partial charge in [0.15, 0.2) is 11.5 Å². The van der Waals surface area contributed by atoms with Gasteiger partial charge in [-0.3, -0.25) is 0 Å². The van der Waals surface area contributed by atoms with E-state index in [0.29, 0.717) is 24.6 Å². The van der Waals surface area contributed by atoms with Gasteiger partial charge in [-0.2, -0.15) is 5.10 Å². The Kier molecular flexibility index (Phi) is 5.46. The quantitative estimate of drug-likeness (QED) is 0.687. The van der Waals surface area contributed by atoms with Crippen LogP contribution in [0.4, 0.5) is 15.3 Å². The summed E-state index contributed by atoms with van der Waals surface area (Å²) < 4.78 is 6.73. The number of hydrogen-bond acceptors (Lipinski definition) is 6. The molecule has 1 aliphatic rings. The van der Waals surface area contributed by atoms with E-state index in [1.165, 1.54) is 7.11 Å². The van der Waals surface area contributed by atoms with Gasteiger partial charge in [0.2, 0.25) is 0 Å². The standard InChI is InChI=1S/C20H23N7O3/c1-21-19(28)24-15-5-3-13(4-6-15)17-22-11-14-12-23-27(18(14)25-17)16-7-9-26(10-8-16)20(29)30-2/h3-6,11-12,16H,7-10H2,1-2H3,(H2,21,24,28). The molecule has 0 spiro atoms. The Labute approximate surface area is 173 Å². The van der Waals surface area contributed by atoms with Crippen LogP contribution in [-0.4, -0.2) is 64.0 Å². The lowest BCUT2D eigenvalue weighted by Crippen LogP contribution is -2.39. The van der Waals surface area contributed by atoms with Crippen molar-refractivity contribution >= 4 is 28.8 Å². The van der Waals surface area contributed by atoms with Gasteiger partial charge in [0.25, 0.3) is 0 Å². The van der Waals surface area contributed by atoms with Gasteiger partial charge in [-0.25, -0.2) is 24.2 Å². The van der Waals surface area contributed by atoms with E-state index in [2.05, 4.69) is 20.7 Å². The van der Waals surface area contributed by atoms with Crippen molar-refractivity contribution in [2.24, 2.45) is 0 Å². The highest BCUT2D eigenvalue weighted by Gasteiger charge is 2.26. The number of methoxy groups -OCH3 is 1. The number of benzene rings is 1. The average Bonchev–Trinajstić information content (AvgIpc) is 3.22. The largest absolute Gasteiger partial charge is 0.453 e. The normalized spacial score (nSPS) is 14.5. The van der Waals surface area contributed by atoms with Gasteiger partial charge in [-0.05, 0) is 37.1 Å². The van der Waals surface area contributed by atoms with E-state index in [0.717, 1.165) is 29.4 Å². The molecule has 4 rings (SSSR count). The third-order valence-electron chi connectivity index (χ3n) is 5.21. The molecule has 1 aromatic carbocycles. The molecule has 0 atom stereocenters. The number of anilines is 1. The Bertz CT molecular complexity index is 1060. The van der Waals surface area contributed by atoms with E-state index in [4.69, 9.17) is 9.72 Å². The number of hydrogen-bond donors (Lipinski definition) is 2. The first-order chi connectivity index (χ1) is 14.6. The molecule has 3 heterocycles. The molecule has 3 aromatic rings. The molecule has 0 radical (unpaired) electrons. The van der Waals surface area contributed by atoms with Crippen molar-refractivity contribution in [2.45, 2.75) is 18.9 Å². The van der Waals surface area contributed by atoms with Crippen LogP contribution in [0.2, 0.25) is 0 Å². The molecule has 0 bridgehead atoms. The number of carbonyl (C=O) groups is 2. The lowest BCUT2D eigenvalue weighted by molar-refractivity contribution is 0.106. The third kappa shape index (κ3) is 3.88. The van der Waals surface area contributed by atoms with Gasteiger partial charge < -0.3 is 20.3 Å². The fourth-order valence-electron chi connectivity index (χ4n) is 3.56. The van der Waals surface area contributed by atoms with Gasteiger partial charge in [0.05, 0.1) is 24.7 Å². The highest BCUT2D eigenvalue weighted by atomic mass is 16.5. The molecule has 0 saturated carbocycles. The number of ether oxygens (including phenoxy) is 1. The number of fused-ring (bicyclic) bond motifs is 1. The fraction of sp³-hybridized carbons (Fsp3) is 0.350. The number of likely N-dealkylation sites (tertiary alicyclic amines) is 1. The molecule has 1 fully saturated rings. The van der Waals surface area contributed by atoms with Crippen LogP contribution < -0.4 is 10.6 Å².